The molecule has 3 aromatic rings. The minimum absolute atomic E-state index is 0.165. The van der Waals surface area contributed by atoms with E-state index < -0.39 is 11.2 Å². The van der Waals surface area contributed by atoms with Gasteiger partial charge in [0.15, 0.2) is 5.82 Å². The van der Waals surface area contributed by atoms with Crippen LogP contribution in [0, 0.1) is 5.82 Å². The van der Waals surface area contributed by atoms with Gasteiger partial charge in [0.05, 0.1) is 16.4 Å². The number of rotatable bonds is 5. The van der Waals surface area contributed by atoms with E-state index in [0.717, 1.165) is 19.3 Å². The summed E-state index contributed by atoms with van der Waals surface area (Å²) in [5.41, 5.74) is -0.0451. The lowest BCUT2D eigenvalue weighted by molar-refractivity contribution is -0.119. The lowest BCUT2D eigenvalue weighted by Crippen LogP contribution is -2.26. The number of halogens is 1. The van der Waals surface area contributed by atoms with Crippen LogP contribution in [-0.2, 0) is 16.8 Å². The lowest BCUT2D eigenvalue weighted by atomic mass is 9.88. The maximum Gasteiger partial charge on any atom is 0.258 e. The Labute approximate surface area is 167 Å². The summed E-state index contributed by atoms with van der Waals surface area (Å²) in [7, 11) is 0. The van der Waals surface area contributed by atoms with Crippen LogP contribution in [-0.4, -0.2) is 20.4 Å². The minimum atomic E-state index is -0.724. The molecule has 7 heteroatoms. The summed E-state index contributed by atoms with van der Waals surface area (Å²) in [6.45, 7) is 6.31. The zero-order valence-electron chi connectivity index (χ0n) is 16.8. The van der Waals surface area contributed by atoms with E-state index in [0.29, 0.717) is 28.7 Å². The number of unbranched alkanes of at least 4 members (excludes halogenated alkanes) is 2. The standard InChI is InChI=1S/C22H23FN4O2/c1-4-5-6-8-27-9-7-13-10-15(17(23)11-14(13)20(27)28)18-24-12-16-19(25-18)26-21(29)22(16,2)3/h7,9-12H,4-6,8H2,1-3H3,(H,24,25,26,29). The largest absolute Gasteiger partial charge is 0.315 e. The number of aryl methyl sites for hydroxylation is 1. The number of nitrogens with one attached hydrogen (secondary N) is 1. The molecule has 0 saturated heterocycles. The van der Waals surface area contributed by atoms with Crippen LogP contribution < -0.4 is 10.9 Å². The summed E-state index contributed by atoms with van der Waals surface area (Å²) in [5, 5.41) is 3.69. The average molecular weight is 394 g/mol. The van der Waals surface area contributed by atoms with Gasteiger partial charge in [-0.2, -0.15) is 0 Å². The maximum absolute atomic E-state index is 14.9. The number of benzene rings is 1. The molecule has 150 valence electrons. The highest BCUT2D eigenvalue weighted by Gasteiger charge is 2.40. The Kier molecular flexibility index (Phi) is 4.68. The van der Waals surface area contributed by atoms with Gasteiger partial charge in [0.1, 0.15) is 11.6 Å². The zero-order valence-corrected chi connectivity index (χ0v) is 16.8. The predicted octanol–water partition coefficient (Wildman–Crippen LogP) is 4.02. The molecule has 3 heterocycles. The van der Waals surface area contributed by atoms with Gasteiger partial charge in [0.25, 0.3) is 5.56 Å². The van der Waals surface area contributed by atoms with E-state index in [-0.39, 0.29) is 22.9 Å². The van der Waals surface area contributed by atoms with Crippen LogP contribution in [0.15, 0.2) is 35.4 Å². The summed E-state index contributed by atoms with van der Waals surface area (Å²) < 4.78 is 16.5. The van der Waals surface area contributed by atoms with Gasteiger partial charge >= 0.3 is 0 Å². The number of pyridine rings is 1. The van der Waals surface area contributed by atoms with Crippen molar-refractivity contribution in [2.75, 3.05) is 5.32 Å². The molecule has 4 rings (SSSR count). The van der Waals surface area contributed by atoms with Gasteiger partial charge in [0.2, 0.25) is 5.91 Å². The molecule has 0 spiro atoms. The molecule has 29 heavy (non-hydrogen) atoms. The zero-order chi connectivity index (χ0) is 20.8. The summed E-state index contributed by atoms with van der Waals surface area (Å²) in [6, 6.07) is 4.65. The number of amides is 1. The van der Waals surface area contributed by atoms with Gasteiger partial charge in [0, 0.05) is 24.5 Å². The van der Waals surface area contributed by atoms with Gasteiger partial charge in [-0.3, -0.25) is 9.59 Å². The second-order valence-electron chi connectivity index (χ2n) is 7.98. The number of nitrogens with zero attached hydrogens (tertiary/aromatic N) is 3. The molecule has 0 saturated carbocycles. The molecule has 0 bridgehead atoms. The van der Waals surface area contributed by atoms with Gasteiger partial charge in [-0.15, -0.1) is 0 Å². The predicted molar refractivity (Wildman–Crippen MR) is 110 cm³/mol. The Bertz CT molecular complexity index is 1180. The molecular weight excluding hydrogens is 371 g/mol. The molecule has 1 amide bonds. The number of aromatic nitrogens is 3. The molecule has 1 aromatic carbocycles. The summed E-state index contributed by atoms with van der Waals surface area (Å²) in [6.07, 6.45) is 6.33. The van der Waals surface area contributed by atoms with E-state index in [1.54, 1.807) is 36.9 Å². The number of anilines is 1. The summed E-state index contributed by atoms with van der Waals surface area (Å²) in [4.78, 5) is 33.5. The molecule has 2 aromatic heterocycles. The SMILES string of the molecule is CCCCCn1ccc2cc(-c3ncc4c(n3)NC(=O)C4(C)C)c(F)cc2c1=O. The van der Waals surface area contributed by atoms with Crippen molar-refractivity contribution in [3.63, 3.8) is 0 Å². The van der Waals surface area contributed by atoms with E-state index >= 15 is 0 Å². The third-order valence-corrected chi connectivity index (χ3v) is 5.57. The fourth-order valence-corrected chi connectivity index (χ4v) is 3.64. The van der Waals surface area contributed by atoms with E-state index in [9.17, 15) is 14.0 Å². The van der Waals surface area contributed by atoms with E-state index in [1.165, 1.54) is 6.07 Å². The van der Waals surface area contributed by atoms with Crippen molar-refractivity contribution in [2.45, 2.75) is 52.0 Å². The first-order chi connectivity index (χ1) is 13.8. The number of carbonyl (C=O) groups is 1. The van der Waals surface area contributed by atoms with Gasteiger partial charge in [-0.1, -0.05) is 19.8 Å². The first-order valence-corrected chi connectivity index (χ1v) is 9.85. The Morgan fingerprint density at radius 1 is 1.21 bits per heavy atom. The Morgan fingerprint density at radius 3 is 2.76 bits per heavy atom. The Morgan fingerprint density at radius 2 is 2.00 bits per heavy atom. The topological polar surface area (TPSA) is 76.9 Å². The van der Waals surface area contributed by atoms with Crippen molar-refractivity contribution < 1.29 is 9.18 Å². The molecule has 0 fully saturated rings. The van der Waals surface area contributed by atoms with Crippen LogP contribution in [0.4, 0.5) is 10.2 Å². The Hall–Kier alpha value is -3.09. The van der Waals surface area contributed by atoms with Crippen molar-refractivity contribution >= 4 is 22.5 Å². The van der Waals surface area contributed by atoms with Crippen molar-refractivity contribution in [3.8, 4) is 11.4 Å². The van der Waals surface area contributed by atoms with Crippen molar-refractivity contribution in [2.24, 2.45) is 0 Å². The van der Waals surface area contributed by atoms with E-state index in [1.807, 2.05) is 6.07 Å². The highest BCUT2D eigenvalue weighted by Crippen LogP contribution is 2.36. The first-order valence-electron chi connectivity index (χ1n) is 9.85. The van der Waals surface area contributed by atoms with Gasteiger partial charge in [-0.25, -0.2) is 14.4 Å². The average Bonchev–Trinajstić information content (AvgIpc) is 2.92. The van der Waals surface area contributed by atoms with Crippen LogP contribution in [0.3, 0.4) is 0 Å². The normalized spacial score (nSPS) is 14.8. The van der Waals surface area contributed by atoms with Crippen LogP contribution in [0.1, 0.15) is 45.6 Å². The highest BCUT2D eigenvalue weighted by atomic mass is 19.1. The second-order valence-corrected chi connectivity index (χ2v) is 7.98. The number of hydrogen-bond acceptors (Lipinski definition) is 4. The fraction of sp³-hybridized carbons (Fsp3) is 0.364. The summed E-state index contributed by atoms with van der Waals surface area (Å²) >= 11 is 0. The number of carbonyl (C=O) groups excluding carboxylic acids is 1. The minimum Gasteiger partial charge on any atom is -0.315 e. The quantitative estimate of drug-likeness (QED) is 0.663. The van der Waals surface area contributed by atoms with Crippen LogP contribution in [0.25, 0.3) is 22.2 Å². The summed E-state index contributed by atoms with van der Waals surface area (Å²) in [5.74, 6) is -0.157. The monoisotopic (exact) mass is 394 g/mol. The molecule has 0 aliphatic carbocycles. The second kappa shape index (κ2) is 7.06. The lowest BCUT2D eigenvalue weighted by Gasteiger charge is -2.14. The van der Waals surface area contributed by atoms with Crippen LogP contribution in [0.2, 0.25) is 0 Å². The molecule has 1 aliphatic heterocycles. The van der Waals surface area contributed by atoms with Crippen molar-refractivity contribution in [3.05, 3.63) is 52.3 Å². The molecular formula is C22H23FN4O2. The van der Waals surface area contributed by atoms with Gasteiger partial charge in [-0.05, 0) is 43.9 Å². The highest BCUT2D eigenvalue weighted by molar-refractivity contribution is 6.04. The first kappa shape index (κ1) is 19.2. The van der Waals surface area contributed by atoms with Crippen LogP contribution in [0.5, 0.6) is 0 Å². The number of fused-ring (bicyclic) bond motifs is 2. The van der Waals surface area contributed by atoms with E-state index in [2.05, 4.69) is 22.2 Å². The molecule has 0 radical (unpaired) electrons. The third-order valence-electron chi connectivity index (χ3n) is 5.57. The molecule has 1 N–H and O–H groups in total. The third kappa shape index (κ3) is 3.20. The maximum atomic E-state index is 14.9. The fourth-order valence-electron chi connectivity index (χ4n) is 3.64. The Balaban J connectivity index is 1.76. The molecule has 6 nitrogen and oxygen atoms in total. The number of hydrogen-bond donors (Lipinski definition) is 1. The molecule has 0 atom stereocenters. The smallest absolute Gasteiger partial charge is 0.258 e. The van der Waals surface area contributed by atoms with Crippen molar-refractivity contribution in [1.82, 2.24) is 14.5 Å². The van der Waals surface area contributed by atoms with Crippen molar-refractivity contribution in [1.29, 1.82) is 0 Å². The van der Waals surface area contributed by atoms with Gasteiger partial charge < -0.3 is 9.88 Å². The van der Waals surface area contributed by atoms with E-state index in [4.69, 9.17) is 0 Å². The molecule has 0 unspecified atom stereocenters. The van der Waals surface area contributed by atoms with Crippen LogP contribution >= 0.6 is 0 Å². The molecule has 1 aliphatic rings.